The predicted octanol–water partition coefficient (Wildman–Crippen LogP) is 1.55. The molecule has 3 aliphatic heterocycles. The first-order chi connectivity index (χ1) is 15.8. The molecule has 3 heterocycles. The molecule has 3 saturated heterocycles. The fraction of sp³-hybridized carbons (Fsp3) is 0.625. The molecule has 3 amide bonds. The highest BCUT2D eigenvalue weighted by Crippen LogP contribution is 2.68. The number of likely N-dealkylation sites (tertiary alicyclic amines) is 1. The van der Waals surface area contributed by atoms with Crippen LogP contribution in [0.1, 0.15) is 27.2 Å². The highest BCUT2D eigenvalue weighted by atomic mass is 32.2. The van der Waals surface area contributed by atoms with Gasteiger partial charge in [0, 0.05) is 43.3 Å². The third-order valence-corrected chi connectivity index (χ3v) is 9.72. The molecule has 3 N–H and O–H groups in total. The number of benzene rings is 1. The molecule has 8 nitrogen and oxygen atoms in total. The fourth-order valence-corrected chi connectivity index (χ4v) is 8.61. The average molecular weight is 475 g/mol. The zero-order valence-corrected chi connectivity index (χ0v) is 20.5. The van der Waals surface area contributed by atoms with Crippen molar-refractivity contribution >= 4 is 40.9 Å². The highest BCUT2D eigenvalue weighted by Gasteiger charge is 2.75. The second-order valence-electron chi connectivity index (χ2n) is 9.13. The number of aliphatic hydroxyl groups is 1. The summed E-state index contributed by atoms with van der Waals surface area (Å²) in [6.07, 6.45) is 0.793. The Kier molecular flexibility index (Phi) is 6.64. The van der Waals surface area contributed by atoms with Crippen LogP contribution in [0.4, 0.5) is 11.4 Å². The average Bonchev–Trinajstić information content (AvgIpc) is 3.39. The number of amides is 3. The SMILES string of the molecule is CCN(CC)c1ccc(NC(=O)C2N(CCO)C(=O)[C@@H]3[C@@H](C(=O)NC)[C@H]4CC(C)C23S4)cc1. The molecule has 33 heavy (non-hydrogen) atoms. The van der Waals surface area contributed by atoms with Crippen LogP contribution in [0.5, 0.6) is 0 Å². The Morgan fingerprint density at radius 2 is 1.88 bits per heavy atom. The summed E-state index contributed by atoms with van der Waals surface area (Å²) in [6, 6.07) is 6.99. The van der Waals surface area contributed by atoms with Gasteiger partial charge in [-0.2, -0.15) is 0 Å². The fourth-order valence-electron chi connectivity index (χ4n) is 6.19. The molecule has 3 fully saturated rings. The van der Waals surface area contributed by atoms with Crippen molar-refractivity contribution in [3.05, 3.63) is 24.3 Å². The van der Waals surface area contributed by atoms with Crippen molar-refractivity contribution in [1.29, 1.82) is 0 Å². The molecule has 4 rings (SSSR count). The molecule has 0 radical (unpaired) electrons. The van der Waals surface area contributed by atoms with E-state index in [1.165, 1.54) is 4.90 Å². The van der Waals surface area contributed by atoms with Crippen molar-refractivity contribution in [2.45, 2.75) is 43.2 Å². The Balaban J connectivity index is 1.64. The van der Waals surface area contributed by atoms with Crippen LogP contribution in [0.15, 0.2) is 24.3 Å². The van der Waals surface area contributed by atoms with Crippen molar-refractivity contribution in [3.63, 3.8) is 0 Å². The van der Waals surface area contributed by atoms with Gasteiger partial charge in [-0.05, 0) is 50.5 Å². The molecule has 1 aromatic rings. The van der Waals surface area contributed by atoms with E-state index in [1.807, 2.05) is 24.3 Å². The van der Waals surface area contributed by atoms with E-state index in [1.54, 1.807) is 18.8 Å². The molecule has 0 saturated carbocycles. The lowest BCUT2D eigenvalue weighted by Gasteiger charge is -2.38. The highest BCUT2D eigenvalue weighted by molar-refractivity contribution is 8.02. The van der Waals surface area contributed by atoms with Crippen LogP contribution in [0.25, 0.3) is 0 Å². The molecule has 1 spiro atoms. The lowest BCUT2D eigenvalue weighted by molar-refractivity contribution is -0.139. The molecule has 1 aromatic carbocycles. The van der Waals surface area contributed by atoms with E-state index in [-0.39, 0.29) is 42.0 Å². The van der Waals surface area contributed by atoms with Crippen molar-refractivity contribution in [1.82, 2.24) is 10.2 Å². The maximum absolute atomic E-state index is 13.7. The lowest BCUT2D eigenvalue weighted by Crippen LogP contribution is -2.55. The summed E-state index contributed by atoms with van der Waals surface area (Å²) in [6.45, 7) is 7.92. The Hall–Kier alpha value is -2.26. The number of anilines is 2. The summed E-state index contributed by atoms with van der Waals surface area (Å²) in [5.41, 5.74) is 1.75. The Bertz CT molecular complexity index is 922. The number of rotatable bonds is 8. The standard InChI is InChI=1S/C24H34N4O4S/c1-5-27(6-2)16-9-7-15(8-10-16)26-22(31)20-24-14(3)13-17(33-24)18(21(30)25-4)19(24)23(32)28(20)11-12-29/h7-10,14,17-20,29H,5-6,11-13H2,1-4H3,(H,25,30)(H,26,31)/t14?,17-,18+,19+,20?,24?/m1/s1. The molecule has 0 aromatic heterocycles. The molecule has 3 aliphatic rings. The predicted molar refractivity (Wildman–Crippen MR) is 130 cm³/mol. The van der Waals surface area contributed by atoms with Crippen LogP contribution < -0.4 is 15.5 Å². The van der Waals surface area contributed by atoms with Crippen molar-refractivity contribution in [2.24, 2.45) is 17.8 Å². The first kappa shape index (κ1) is 23.9. The number of carbonyl (C=O) groups excluding carboxylic acids is 3. The zero-order valence-electron chi connectivity index (χ0n) is 19.7. The number of carbonyl (C=O) groups is 3. The molecule has 3 unspecified atom stereocenters. The van der Waals surface area contributed by atoms with Crippen LogP contribution in [-0.4, -0.2) is 77.1 Å². The second kappa shape index (κ2) is 9.18. The van der Waals surface area contributed by atoms with Gasteiger partial charge in [-0.15, -0.1) is 11.8 Å². The lowest BCUT2D eigenvalue weighted by atomic mass is 9.66. The van der Waals surface area contributed by atoms with Crippen molar-refractivity contribution in [2.75, 3.05) is 43.5 Å². The summed E-state index contributed by atoms with van der Waals surface area (Å²) >= 11 is 1.63. The van der Waals surface area contributed by atoms with E-state index in [0.717, 1.165) is 25.2 Å². The summed E-state index contributed by atoms with van der Waals surface area (Å²) in [4.78, 5) is 43.7. The molecule has 0 aliphatic carbocycles. The van der Waals surface area contributed by atoms with Gasteiger partial charge in [0.25, 0.3) is 0 Å². The van der Waals surface area contributed by atoms with Gasteiger partial charge in [0.05, 0.1) is 23.2 Å². The third kappa shape index (κ3) is 3.60. The number of β-amino-alcohol motifs (C(OH)–C–C–N with tert-alkyl or cyclic N) is 1. The number of hydrogen-bond acceptors (Lipinski definition) is 6. The smallest absolute Gasteiger partial charge is 0.248 e. The van der Waals surface area contributed by atoms with Crippen LogP contribution in [0.3, 0.4) is 0 Å². The Morgan fingerprint density at radius 3 is 2.45 bits per heavy atom. The van der Waals surface area contributed by atoms with Crippen LogP contribution in [0, 0.1) is 17.8 Å². The minimum absolute atomic E-state index is 0.0221. The third-order valence-electron chi connectivity index (χ3n) is 7.65. The molecule has 180 valence electrons. The van der Waals surface area contributed by atoms with Gasteiger partial charge >= 0.3 is 0 Å². The molecule has 2 bridgehead atoms. The molecule has 9 heteroatoms. The van der Waals surface area contributed by atoms with E-state index in [0.29, 0.717) is 5.69 Å². The largest absolute Gasteiger partial charge is 0.395 e. The first-order valence-electron chi connectivity index (χ1n) is 11.8. The van der Waals surface area contributed by atoms with Gasteiger partial charge in [0.2, 0.25) is 17.7 Å². The van der Waals surface area contributed by atoms with Crippen molar-refractivity contribution in [3.8, 4) is 0 Å². The van der Waals surface area contributed by atoms with Crippen LogP contribution >= 0.6 is 11.8 Å². The number of fused-ring (bicyclic) bond motifs is 1. The second-order valence-corrected chi connectivity index (χ2v) is 10.7. The minimum Gasteiger partial charge on any atom is -0.395 e. The van der Waals surface area contributed by atoms with Crippen LogP contribution in [0.2, 0.25) is 0 Å². The number of nitrogens with zero attached hydrogens (tertiary/aromatic N) is 2. The Labute approximate surface area is 199 Å². The van der Waals surface area contributed by atoms with Gasteiger partial charge in [-0.1, -0.05) is 6.92 Å². The quantitative estimate of drug-likeness (QED) is 0.528. The zero-order chi connectivity index (χ0) is 23.9. The topological polar surface area (TPSA) is 102 Å². The summed E-state index contributed by atoms with van der Waals surface area (Å²) in [5.74, 6) is -1.49. The van der Waals surface area contributed by atoms with Gasteiger partial charge in [-0.25, -0.2) is 0 Å². The Morgan fingerprint density at radius 1 is 1.21 bits per heavy atom. The van der Waals surface area contributed by atoms with Gasteiger partial charge in [0.1, 0.15) is 6.04 Å². The van der Waals surface area contributed by atoms with E-state index in [9.17, 15) is 19.5 Å². The molecule has 6 atom stereocenters. The van der Waals surface area contributed by atoms with Gasteiger partial charge < -0.3 is 25.5 Å². The van der Waals surface area contributed by atoms with Crippen LogP contribution in [-0.2, 0) is 14.4 Å². The number of thioether (sulfide) groups is 1. The number of hydrogen-bond donors (Lipinski definition) is 3. The summed E-state index contributed by atoms with van der Waals surface area (Å²) in [7, 11) is 1.59. The molecular formula is C24H34N4O4S. The normalized spacial score (nSPS) is 32.1. The van der Waals surface area contributed by atoms with E-state index >= 15 is 0 Å². The maximum atomic E-state index is 13.7. The van der Waals surface area contributed by atoms with Crippen molar-refractivity contribution < 1.29 is 19.5 Å². The number of nitrogens with one attached hydrogen (secondary N) is 2. The summed E-state index contributed by atoms with van der Waals surface area (Å²) in [5, 5.41) is 15.4. The first-order valence-corrected chi connectivity index (χ1v) is 12.7. The van der Waals surface area contributed by atoms with E-state index in [4.69, 9.17) is 0 Å². The van der Waals surface area contributed by atoms with Gasteiger partial charge in [0.15, 0.2) is 0 Å². The van der Waals surface area contributed by atoms with Gasteiger partial charge in [-0.3, -0.25) is 14.4 Å². The van der Waals surface area contributed by atoms with E-state index in [2.05, 4.69) is 36.3 Å². The monoisotopic (exact) mass is 474 g/mol. The maximum Gasteiger partial charge on any atom is 0.248 e. The van der Waals surface area contributed by atoms with E-state index < -0.39 is 22.6 Å². The molecular weight excluding hydrogens is 440 g/mol. The minimum atomic E-state index is -0.732. The number of aliphatic hydroxyl groups excluding tert-OH is 1. The summed E-state index contributed by atoms with van der Waals surface area (Å²) < 4.78 is -0.667.